The molecule has 1 N–H and O–H groups in total. The van der Waals surface area contributed by atoms with Crippen molar-refractivity contribution >= 4 is 22.9 Å². The number of ether oxygens (including phenoxy) is 1. The average Bonchev–Trinajstić information content (AvgIpc) is 3.13. The molecule has 0 unspecified atom stereocenters. The lowest BCUT2D eigenvalue weighted by atomic mass is 10.1. The number of nitrogens with one attached hydrogen (secondary N) is 1. The van der Waals surface area contributed by atoms with E-state index >= 15 is 0 Å². The average molecular weight is 458 g/mol. The first-order chi connectivity index (χ1) is 16.5. The Labute approximate surface area is 197 Å². The van der Waals surface area contributed by atoms with Gasteiger partial charge in [-0.3, -0.25) is 9.59 Å². The van der Waals surface area contributed by atoms with Gasteiger partial charge >= 0.3 is 0 Å². The number of fused-ring (bicyclic) bond motifs is 1. The van der Waals surface area contributed by atoms with E-state index in [2.05, 4.69) is 15.1 Å². The monoisotopic (exact) mass is 457 g/mol. The molecule has 0 aliphatic rings. The number of nitrogens with zero attached hydrogens (tertiary/aromatic N) is 4. The molecule has 4 rings (SSSR count). The summed E-state index contributed by atoms with van der Waals surface area (Å²) in [6.07, 6.45) is 3.32. The Bertz CT molecular complexity index is 1390. The molecule has 0 fully saturated rings. The van der Waals surface area contributed by atoms with Crippen LogP contribution in [0.3, 0.4) is 0 Å². The molecule has 0 saturated heterocycles. The second-order valence-corrected chi connectivity index (χ2v) is 7.95. The van der Waals surface area contributed by atoms with Crippen LogP contribution in [0.2, 0.25) is 0 Å². The van der Waals surface area contributed by atoms with E-state index in [4.69, 9.17) is 4.74 Å². The molecule has 1 amide bonds. The summed E-state index contributed by atoms with van der Waals surface area (Å²) in [7, 11) is 1.58. The third-order valence-corrected chi connectivity index (χ3v) is 5.62. The van der Waals surface area contributed by atoms with Gasteiger partial charge in [0.1, 0.15) is 5.82 Å². The number of aryl methyl sites for hydroxylation is 1. The Kier molecular flexibility index (Phi) is 6.98. The van der Waals surface area contributed by atoms with Crippen LogP contribution in [0, 0.1) is 13.8 Å². The number of rotatable bonds is 8. The number of hydrogen-bond acceptors (Lipinski definition) is 5. The number of carbonyl (C=O) groups excluding carboxylic acids is 1. The first-order valence-electron chi connectivity index (χ1n) is 11.0. The standard InChI is InChI=1S/C26H27N5O3/c1-18-21(19(2)31(29-18)20-9-5-4-6-10-20)13-14-25(32)30(15-16-34-3)17-24-27-23-12-8-7-11-22(23)26(33)28-24/h4-14H,15-17H2,1-3H3,(H,27,28,33). The Morgan fingerprint density at radius 2 is 1.85 bits per heavy atom. The van der Waals surface area contributed by atoms with Crippen molar-refractivity contribution in [1.29, 1.82) is 0 Å². The summed E-state index contributed by atoms with van der Waals surface area (Å²) in [4.78, 5) is 34.4. The summed E-state index contributed by atoms with van der Waals surface area (Å²) in [5.41, 5.74) is 3.99. The molecule has 2 aromatic carbocycles. The molecular formula is C26H27N5O3. The van der Waals surface area contributed by atoms with Crippen LogP contribution in [-0.4, -0.2) is 50.8 Å². The van der Waals surface area contributed by atoms with Crippen LogP contribution in [0.4, 0.5) is 0 Å². The van der Waals surface area contributed by atoms with Gasteiger partial charge in [0.2, 0.25) is 5.91 Å². The van der Waals surface area contributed by atoms with Gasteiger partial charge in [-0.25, -0.2) is 9.67 Å². The molecule has 0 atom stereocenters. The smallest absolute Gasteiger partial charge is 0.258 e. The number of methoxy groups -OCH3 is 1. The number of aromatic nitrogens is 4. The van der Waals surface area contributed by atoms with E-state index in [1.54, 1.807) is 36.3 Å². The van der Waals surface area contributed by atoms with E-state index in [1.165, 1.54) is 6.08 Å². The maximum atomic E-state index is 13.1. The molecule has 34 heavy (non-hydrogen) atoms. The Morgan fingerprint density at radius 3 is 2.62 bits per heavy atom. The molecule has 0 spiro atoms. The minimum absolute atomic E-state index is 0.161. The zero-order valence-electron chi connectivity index (χ0n) is 19.5. The normalized spacial score (nSPS) is 11.4. The fraction of sp³-hybridized carbons (Fsp3) is 0.231. The first kappa shape index (κ1) is 23.1. The number of aromatic amines is 1. The van der Waals surface area contributed by atoms with Crippen LogP contribution < -0.4 is 5.56 Å². The third-order valence-electron chi connectivity index (χ3n) is 5.62. The first-order valence-corrected chi connectivity index (χ1v) is 11.0. The highest BCUT2D eigenvalue weighted by atomic mass is 16.5. The number of amides is 1. The quantitative estimate of drug-likeness (QED) is 0.409. The van der Waals surface area contributed by atoms with Crippen molar-refractivity contribution in [3.8, 4) is 5.69 Å². The molecule has 0 radical (unpaired) electrons. The number of carbonyl (C=O) groups is 1. The Hall–Kier alpha value is -4.04. The van der Waals surface area contributed by atoms with Crippen LogP contribution >= 0.6 is 0 Å². The number of H-pyrrole nitrogens is 1. The number of benzene rings is 2. The maximum absolute atomic E-state index is 13.1. The summed E-state index contributed by atoms with van der Waals surface area (Å²) < 4.78 is 7.05. The van der Waals surface area contributed by atoms with Gasteiger partial charge in [-0.05, 0) is 44.2 Å². The van der Waals surface area contributed by atoms with Gasteiger partial charge in [0, 0.05) is 31.0 Å². The summed E-state index contributed by atoms with van der Waals surface area (Å²) in [6, 6.07) is 17.0. The topological polar surface area (TPSA) is 93.1 Å². The van der Waals surface area contributed by atoms with E-state index in [0.29, 0.717) is 29.9 Å². The molecular weight excluding hydrogens is 430 g/mol. The summed E-state index contributed by atoms with van der Waals surface area (Å²) in [5.74, 6) is 0.213. The molecule has 0 bridgehead atoms. The number of para-hydroxylation sites is 2. The van der Waals surface area contributed by atoms with E-state index in [0.717, 1.165) is 22.6 Å². The van der Waals surface area contributed by atoms with Crippen molar-refractivity contribution in [3.63, 3.8) is 0 Å². The van der Waals surface area contributed by atoms with Crippen molar-refractivity contribution in [2.75, 3.05) is 20.3 Å². The van der Waals surface area contributed by atoms with Gasteiger partial charge in [-0.2, -0.15) is 5.10 Å². The predicted molar refractivity (Wildman–Crippen MR) is 132 cm³/mol. The highest BCUT2D eigenvalue weighted by Gasteiger charge is 2.15. The highest BCUT2D eigenvalue weighted by Crippen LogP contribution is 2.19. The molecule has 2 aromatic heterocycles. The van der Waals surface area contributed by atoms with Crippen molar-refractivity contribution < 1.29 is 9.53 Å². The van der Waals surface area contributed by atoms with E-state index in [-0.39, 0.29) is 18.0 Å². The fourth-order valence-corrected chi connectivity index (χ4v) is 3.84. The lowest BCUT2D eigenvalue weighted by molar-refractivity contribution is -0.127. The molecule has 4 aromatic rings. The largest absolute Gasteiger partial charge is 0.383 e. The lowest BCUT2D eigenvalue weighted by Crippen LogP contribution is -2.33. The van der Waals surface area contributed by atoms with Gasteiger partial charge < -0.3 is 14.6 Å². The molecule has 174 valence electrons. The second kappa shape index (κ2) is 10.3. The summed E-state index contributed by atoms with van der Waals surface area (Å²) in [6.45, 7) is 4.78. The van der Waals surface area contributed by atoms with Gasteiger partial charge in [0.25, 0.3) is 5.56 Å². The molecule has 8 nitrogen and oxygen atoms in total. The van der Waals surface area contributed by atoms with Crippen LogP contribution in [0.25, 0.3) is 22.7 Å². The van der Waals surface area contributed by atoms with Crippen molar-refractivity contribution in [2.45, 2.75) is 20.4 Å². The van der Waals surface area contributed by atoms with Gasteiger partial charge in [-0.15, -0.1) is 0 Å². The highest BCUT2D eigenvalue weighted by molar-refractivity contribution is 5.92. The second-order valence-electron chi connectivity index (χ2n) is 7.95. The molecule has 0 aliphatic carbocycles. The van der Waals surface area contributed by atoms with E-state index < -0.39 is 0 Å². The molecule has 2 heterocycles. The van der Waals surface area contributed by atoms with Crippen molar-refractivity contribution in [3.05, 3.63) is 93.8 Å². The van der Waals surface area contributed by atoms with Gasteiger partial charge in [0.15, 0.2) is 0 Å². The van der Waals surface area contributed by atoms with Crippen LogP contribution in [-0.2, 0) is 16.1 Å². The molecule has 0 saturated carbocycles. The minimum atomic E-state index is -0.227. The van der Waals surface area contributed by atoms with E-state index in [9.17, 15) is 9.59 Å². The maximum Gasteiger partial charge on any atom is 0.258 e. The Morgan fingerprint density at radius 1 is 1.12 bits per heavy atom. The Balaban J connectivity index is 1.58. The van der Waals surface area contributed by atoms with Gasteiger partial charge in [-0.1, -0.05) is 30.3 Å². The van der Waals surface area contributed by atoms with Crippen LogP contribution in [0.5, 0.6) is 0 Å². The van der Waals surface area contributed by atoms with Crippen LogP contribution in [0.15, 0.2) is 65.5 Å². The molecule has 0 aliphatic heterocycles. The summed E-state index contributed by atoms with van der Waals surface area (Å²) >= 11 is 0. The third kappa shape index (κ3) is 4.97. The van der Waals surface area contributed by atoms with Crippen molar-refractivity contribution in [2.24, 2.45) is 0 Å². The minimum Gasteiger partial charge on any atom is -0.383 e. The van der Waals surface area contributed by atoms with Crippen molar-refractivity contribution in [1.82, 2.24) is 24.6 Å². The SMILES string of the molecule is COCCN(Cc1nc2ccccc2c(=O)[nH]1)C(=O)C=Cc1c(C)nn(-c2ccccc2)c1C. The summed E-state index contributed by atoms with van der Waals surface area (Å²) in [5, 5.41) is 5.15. The van der Waals surface area contributed by atoms with Crippen LogP contribution in [0.1, 0.15) is 22.8 Å². The predicted octanol–water partition coefficient (Wildman–Crippen LogP) is 3.41. The van der Waals surface area contributed by atoms with E-state index in [1.807, 2.05) is 54.9 Å². The lowest BCUT2D eigenvalue weighted by Gasteiger charge is -2.20. The number of hydrogen-bond donors (Lipinski definition) is 1. The van der Waals surface area contributed by atoms with Gasteiger partial charge in [0.05, 0.1) is 35.4 Å². The zero-order valence-corrected chi connectivity index (χ0v) is 19.5. The fourth-order valence-electron chi connectivity index (χ4n) is 3.84. The molecule has 8 heteroatoms. The zero-order chi connectivity index (χ0) is 24.1.